The minimum absolute atomic E-state index is 1.19. The number of hydrogen-bond donors (Lipinski definition) is 1. The first-order valence-corrected chi connectivity index (χ1v) is 11.1. The molecule has 0 aliphatic carbocycles. The smallest absolute Gasteiger partial charge is 0.0628 e. The van der Waals surface area contributed by atoms with Gasteiger partial charge in [-0.2, -0.15) is 0 Å². The molecule has 1 N–H and O–H groups in total. The van der Waals surface area contributed by atoms with E-state index in [9.17, 15) is 0 Å². The summed E-state index contributed by atoms with van der Waals surface area (Å²) in [5, 5.41) is 7.89. The van der Waals surface area contributed by atoms with Crippen LogP contribution in [-0.4, -0.2) is 9.38 Å². The second-order valence-electron chi connectivity index (χ2n) is 8.69. The Balaban J connectivity index is 1.65. The van der Waals surface area contributed by atoms with Crippen LogP contribution < -0.4 is 0 Å². The molecule has 5 aromatic carbocycles. The van der Waals surface area contributed by atoms with Gasteiger partial charge in [0, 0.05) is 43.4 Å². The molecule has 3 heterocycles. The summed E-state index contributed by atoms with van der Waals surface area (Å²) < 4.78 is 2.46. The molecule has 3 aromatic heterocycles. The number of aromatic nitrogens is 2. The maximum absolute atomic E-state index is 3.69. The lowest BCUT2D eigenvalue weighted by Gasteiger charge is -2.03. The van der Waals surface area contributed by atoms with Gasteiger partial charge in [0.05, 0.1) is 16.6 Å². The van der Waals surface area contributed by atoms with Gasteiger partial charge in [-0.1, -0.05) is 72.8 Å². The molecular weight excluding hydrogens is 388 g/mol. The first-order chi connectivity index (χ1) is 15.9. The SMILES string of the molecule is c1ccc(-c2ccc3c(c2)c2cc4[nH]c5ccccc5c4c4c5ccccc5n3c24)cc1. The van der Waals surface area contributed by atoms with Crippen molar-refractivity contribution < 1.29 is 0 Å². The first kappa shape index (κ1) is 16.4. The van der Waals surface area contributed by atoms with Gasteiger partial charge in [0.1, 0.15) is 0 Å². The van der Waals surface area contributed by atoms with Gasteiger partial charge in [0.25, 0.3) is 0 Å². The maximum Gasteiger partial charge on any atom is 0.0628 e. The molecule has 0 bridgehead atoms. The van der Waals surface area contributed by atoms with Crippen LogP contribution in [-0.2, 0) is 0 Å². The molecule has 0 aliphatic heterocycles. The van der Waals surface area contributed by atoms with Crippen LogP contribution in [0.2, 0.25) is 0 Å². The third-order valence-corrected chi connectivity index (χ3v) is 7.04. The molecule has 2 heteroatoms. The van der Waals surface area contributed by atoms with Crippen LogP contribution >= 0.6 is 0 Å². The average Bonchev–Trinajstić information content (AvgIpc) is 3.49. The van der Waals surface area contributed by atoms with Crippen LogP contribution in [0.4, 0.5) is 0 Å². The van der Waals surface area contributed by atoms with Crippen molar-refractivity contribution in [1.29, 1.82) is 0 Å². The van der Waals surface area contributed by atoms with E-state index < -0.39 is 0 Å². The Kier molecular flexibility index (Phi) is 2.91. The fourth-order valence-corrected chi connectivity index (χ4v) is 5.71. The highest BCUT2D eigenvalue weighted by Crippen LogP contribution is 2.45. The highest BCUT2D eigenvalue weighted by Gasteiger charge is 2.21. The van der Waals surface area contributed by atoms with Crippen molar-refractivity contribution in [3.8, 4) is 11.1 Å². The number of fused-ring (bicyclic) bond motifs is 10. The largest absolute Gasteiger partial charge is 0.354 e. The zero-order valence-electron chi connectivity index (χ0n) is 17.3. The minimum atomic E-state index is 1.19. The van der Waals surface area contributed by atoms with Gasteiger partial charge in [-0.15, -0.1) is 0 Å². The van der Waals surface area contributed by atoms with Crippen molar-refractivity contribution >= 4 is 59.9 Å². The number of aromatic amines is 1. The second-order valence-corrected chi connectivity index (χ2v) is 8.69. The van der Waals surface area contributed by atoms with Crippen molar-refractivity contribution in [1.82, 2.24) is 9.38 Å². The third-order valence-electron chi connectivity index (χ3n) is 7.04. The topological polar surface area (TPSA) is 20.2 Å². The molecule has 0 fully saturated rings. The van der Waals surface area contributed by atoms with Crippen LogP contribution in [0.25, 0.3) is 71.0 Å². The molecule has 0 aliphatic rings. The Labute approximate surface area is 183 Å². The molecule has 148 valence electrons. The quantitative estimate of drug-likeness (QED) is 0.284. The van der Waals surface area contributed by atoms with Crippen LogP contribution in [0, 0.1) is 0 Å². The van der Waals surface area contributed by atoms with E-state index in [1.807, 2.05) is 0 Å². The molecule has 2 nitrogen and oxygen atoms in total. The summed E-state index contributed by atoms with van der Waals surface area (Å²) in [4.78, 5) is 3.69. The zero-order valence-corrected chi connectivity index (χ0v) is 17.3. The summed E-state index contributed by atoms with van der Waals surface area (Å²) in [6.45, 7) is 0. The minimum Gasteiger partial charge on any atom is -0.354 e. The molecule has 0 saturated carbocycles. The number of H-pyrrole nitrogens is 1. The number of benzene rings is 5. The van der Waals surface area contributed by atoms with E-state index in [1.54, 1.807) is 0 Å². The second kappa shape index (κ2) is 5.68. The Bertz CT molecular complexity index is 1970. The van der Waals surface area contributed by atoms with E-state index in [-0.39, 0.29) is 0 Å². The van der Waals surface area contributed by atoms with E-state index in [1.165, 1.54) is 71.0 Å². The van der Waals surface area contributed by atoms with Crippen LogP contribution in [0.5, 0.6) is 0 Å². The normalized spacial score (nSPS) is 12.4. The molecule has 0 radical (unpaired) electrons. The molecule has 32 heavy (non-hydrogen) atoms. The Morgan fingerprint density at radius 1 is 0.469 bits per heavy atom. The van der Waals surface area contributed by atoms with Gasteiger partial charge < -0.3 is 9.38 Å². The molecule has 8 aromatic rings. The highest BCUT2D eigenvalue weighted by atomic mass is 14.9. The molecule has 0 amide bonds. The molecule has 0 unspecified atom stereocenters. The van der Waals surface area contributed by atoms with E-state index in [4.69, 9.17) is 0 Å². The van der Waals surface area contributed by atoms with Gasteiger partial charge in [-0.25, -0.2) is 0 Å². The first-order valence-electron chi connectivity index (χ1n) is 11.1. The highest BCUT2D eigenvalue weighted by molar-refractivity contribution is 6.35. The van der Waals surface area contributed by atoms with E-state index in [2.05, 4.69) is 113 Å². The summed E-state index contributed by atoms with van der Waals surface area (Å²) in [6.07, 6.45) is 0. The van der Waals surface area contributed by atoms with Gasteiger partial charge >= 0.3 is 0 Å². The van der Waals surface area contributed by atoms with Gasteiger partial charge in [-0.05, 0) is 41.5 Å². The van der Waals surface area contributed by atoms with Crippen molar-refractivity contribution in [2.45, 2.75) is 0 Å². The van der Waals surface area contributed by atoms with Crippen molar-refractivity contribution in [3.63, 3.8) is 0 Å². The molecule has 0 saturated heterocycles. The van der Waals surface area contributed by atoms with Crippen molar-refractivity contribution in [2.75, 3.05) is 0 Å². The van der Waals surface area contributed by atoms with E-state index >= 15 is 0 Å². The third kappa shape index (κ3) is 1.91. The number of nitrogens with zero attached hydrogens (tertiary/aromatic N) is 1. The number of hydrogen-bond acceptors (Lipinski definition) is 0. The predicted molar refractivity (Wildman–Crippen MR) is 136 cm³/mol. The van der Waals surface area contributed by atoms with Gasteiger partial charge in [0.2, 0.25) is 0 Å². The average molecular weight is 406 g/mol. The van der Waals surface area contributed by atoms with Crippen LogP contribution in [0.15, 0.2) is 103 Å². The molecular formula is C30H18N2. The molecule has 8 rings (SSSR count). The summed E-state index contributed by atoms with van der Waals surface area (Å²) in [6, 6.07) is 37.4. The fraction of sp³-hybridized carbons (Fsp3) is 0. The summed E-state index contributed by atoms with van der Waals surface area (Å²) >= 11 is 0. The lowest BCUT2D eigenvalue weighted by atomic mass is 10.00. The maximum atomic E-state index is 3.69. The zero-order chi connectivity index (χ0) is 20.8. The fourth-order valence-electron chi connectivity index (χ4n) is 5.71. The van der Waals surface area contributed by atoms with E-state index in [0.29, 0.717) is 0 Å². The summed E-state index contributed by atoms with van der Waals surface area (Å²) in [7, 11) is 0. The number of rotatable bonds is 1. The lowest BCUT2D eigenvalue weighted by molar-refractivity contribution is 1.37. The lowest BCUT2D eigenvalue weighted by Crippen LogP contribution is -1.81. The monoisotopic (exact) mass is 406 g/mol. The Hall–Kier alpha value is -4.30. The summed E-state index contributed by atoms with van der Waals surface area (Å²) in [5.74, 6) is 0. The van der Waals surface area contributed by atoms with Crippen LogP contribution in [0.1, 0.15) is 0 Å². The number of nitrogens with one attached hydrogen (secondary N) is 1. The number of para-hydroxylation sites is 2. The predicted octanol–water partition coefficient (Wildman–Crippen LogP) is 8.14. The van der Waals surface area contributed by atoms with Gasteiger partial charge in [-0.3, -0.25) is 0 Å². The Morgan fingerprint density at radius 2 is 1.22 bits per heavy atom. The van der Waals surface area contributed by atoms with Crippen LogP contribution in [0.3, 0.4) is 0 Å². The molecule has 0 spiro atoms. The molecule has 0 atom stereocenters. The summed E-state index contributed by atoms with van der Waals surface area (Å²) in [5.41, 5.74) is 8.76. The Morgan fingerprint density at radius 3 is 2.12 bits per heavy atom. The standard InChI is InChI=1S/C30H18N2/c1-2-8-18(9-3-1)19-14-15-27-22(16-19)23-17-25-28(20-10-4-6-12-24(20)31-25)29-21-11-5-7-13-26(21)32(27)30(23)29/h1-17,31H. The van der Waals surface area contributed by atoms with Gasteiger partial charge in [0.15, 0.2) is 0 Å². The van der Waals surface area contributed by atoms with E-state index in [0.717, 1.165) is 0 Å². The van der Waals surface area contributed by atoms with Crippen molar-refractivity contribution in [3.05, 3.63) is 103 Å². The van der Waals surface area contributed by atoms with Crippen molar-refractivity contribution in [2.24, 2.45) is 0 Å².